The van der Waals surface area contributed by atoms with Gasteiger partial charge in [0.1, 0.15) is 29.6 Å². The topological polar surface area (TPSA) is 78.2 Å². The summed E-state index contributed by atoms with van der Waals surface area (Å²) in [5.74, 6) is 0.590. The van der Waals surface area contributed by atoms with Crippen molar-refractivity contribution in [3.05, 3.63) is 40.2 Å². The van der Waals surface area contributed by atoms with Crippen molar-refractivity contribution in [1.82, 2.24) is 4.90 Å². The van der Waals surface area contributed by atoms with Crippen LogP contribution in [-0.4, -0.2) is 49.0 Å². The van der Waals surface area contributed by atoms with Gasteiger partial charge in [0.15, 0.2) is 0 Å². The van der Waals surface area contributed by atoms with Crippen LogP contribution < -0.4 is 10.4 Å². The van der Waals surface area contributed by atoms with Crippen molar-refractivity contribution in [2.24, 2.45) is 0 Å². The lowest BCUT2D eigenvalue weighted by molar-refractivity contribution is -0.0557. The average molecular weight is 403 g/mol. The number of benzene rings is 1. The number of hydrogen-bond donors (Lipinski definition) is 0. The predicted octanol–water partition coefficient (Wildman–Crippen LogP) is 3.76. The molecule has 1 atom stereocenters. The number of amides is 1. The summed E-state index contributed by atoms with van der Waals surface area (Å²) in [5, 5.41) is 0.920. The molecule has 1 aromatic carbocycles. The number of carbonyl (C=O) groups excluding carboxylic acids is 1. The molecule has 0 spiro atoms. The summed E-state index contributed by atoms with van der Waals surface area (Å²) in [6.07, 6.45) is 1.16. The van der Waals surface area contributed by atoms with E-state index in [1.807, 2.05) is 32.9 Å². The van der Waals surface area contributed by atoms with Crippen molar-refractivity contribution in [2.75, 3.05) is 26.3 Å². The fourth-order valence-corrected chi connectivity index (χ4v) is 3.28. The Hall–Kier alpha value is -2.54. The second kappa shape index (κ2) is 8.86. The molecular weight excluding hydrogens is 374 g/mol. The molecule has 2 heterocycles. The van der Waals surface area contributed by atoms with Crippen molar-refractivity contribution in [3.8, 4) is 5.75 Å². The van der Waals surface area contributed by atoms with Crippen LogP contribution in [0.2, 0.25) is 0 Å². The quantitative estimate of drug-likeness (QED) is 0.708. The number of carbonyl (C=O) groups is 1. The normalized spacial score (nSPS) is 17.4. The lowest BCUT2D eigenvalue weighted by Gasteiger charge is -2.34. The maximum atomic E-state index is 12.3. The predicted molar refractivity (Wildman–Crippen MR) is 110 cm³/mol. The Morgan fingerprint density at radius 3 is 2.79 bits per heavy atom. The van der Waals surface area contributed by atoms with Crippen LogP contribution in [0.1, 0.15) is 39.7 Å². The third kappa shape index (κ3) is 5.73. The minimum Gasteiger partial charge on any atom is -0.491 e. The summed E-state index contributed by atoms with van der Waals surface area (Å²) in [7, 11) is 0. The van der Waals surface area contributed by atoms with E-state index in [9.17, 15) is 9.59 Å². The molecule has 7 heteroatoms. The van der Waals surface area contributed by atoms with E-state index >= 15 is 0 Å². The minimum absolute atomic E-state index is 0.259. The van der Waals surface area contributed by atoms with Gasteiger partial charge in [-0.25, -0.2) is 9.59 Å². The molecule has 1 fully saturated rings. The first kappa shape index (κ1) is 21.2. The van der Waals surface area contributed by atoms with Gasteiger partial charge in [-0.2, -0.15) is 0 Å². The van der Waals surface area contributed by atoms with E-state index in [1.54, 1.807) is 17.0 Å². The highest BCUT2D eigenvalue weighted by Gasteiger charge is 2.28. The number of nitrogens with zero attached hydrogens (tertiary/aromatic N) is 1. The van der Waals surface area contributed by atoms with Gasteiger partial charge in [0.2, 0.25) is 0 Å². The fourth-order valence-electron chi connectivity index (χ4n) is 3.28. The highest BCUT2D eigenvalue weighted by atomic mass is 16.6. The molecule has 1 saturated heterocycles. The van der Waals surface area contributed by atoms with Gasteiger partial charge in [-0.1, -0.05) is 13.3 Å². The van der Waals surface area contributed by atoms with E-state index < -0.39 is 5.60 Å². The highest BCUT2D eigenvalue weighted by Crippen LogP contribution is 2.24. The Morgan fingerprint density at radius 1 is 1.28 bits per heavy atom. The van der Waals surface area contributed by atoms with Crippen molar-refractivity contribution < 1.29 is 23.4 Å². The largest absolute Gasteiger partial charge is 0.491 e. The lowest BCUT2D eigenvalue weighted by Crippen LogP contribution is -2.49. The van der Waals surface area contributed by atoms with Gasteiger partial charge in [0.05, 0.1) is 13.2 Å². The fraction of sp³-hybridized carbons (Fsp3) is 0.545. The zero-order valence-corrected chi connectivity index (χ0v) is 17.5. The van der Waals surface area contributed by atoms with Crippen LogP contribution in [-0.2, 0) is 15.9 Å². The molecule has 0 bridgehead atoms. The van der Waals surface area contributed by atoms with E-state index in [0.717, 1.165) is 23.8 Å². The molecule has 1 amide bonds. The second-order valence-electron chi connectivity index (χ2n) is 8.23. The standard InChI is InChI=1S/C22H29NO6/c1-5-6-15-11-20(24)28-19-12-16(7-8-18(15)19)27-14-17-13-23(9-10-26-17)21(25)29-22(2,3)4/h7-8,11-12,17H,5-6,9-10,13-14H2,1-4H3. The molecule has 1 aliphatic rings. The number of fused-ring (bicyclic) bond motifs is 1. The molecule has 0 radical (unpaired) electrons. The molecule has 1 aromatic heterocycles. The van der Waals surface area contributed by atoms with E-state index in [4.69, 9.17) is 18.6 Å². The van der Waals surface area contributed by atoms with Gasteiger partial charge in [-0.3, -0.25) is 0 Å². The lowest BCUT2D eigenvalue weighted by atomic mass is 10.1. The van der Waals surface area contributed by atoms with Gasteiger partial charge < -0.3 is 23.5 Å². The van der Waals surface area contributed by atoms with Crippen molar-refractivity contribution in [2.45, 2.75) is 52.2 Å². The van der Waals surface area contributed by atoms with Crippen molar-refractivity contribution in [1.29, 1.82) is 0 Å². The Labute approximate surface area is 170 Å². The molecule has 0 saturated carbocycles. The molecule has 158 valence electrons. The van der Waals surface area contributed by atoms with Gasteiger partial charge in [0.25, 0.3) is 0 Å². The number of hydrogen-bond acceptors (Lipinski definition) is 6. The minimum atomic E-state index is -0.535. The van der Waals surface area contributed by atoms with Gasteiger partial charge in [-0.05, 0) is 44.9 Å². The number of ether oxygens (including phenoxy) is 3. The Kier molecular flexibility index (Phi) is 6.47. The summed E-state index contributed by atoms with van der Waals surface area (Å²) >= 11 is 0. The van der Waals surface area contributed by atoms with Crippen LogP contribution in [0.4, 0.5) is 4.79 Å². The summed E-state index contributed by atoms with van der Waals surface area (Å²) in [5.41, 5.74) is 0.599. The summed E-state index contributed by atoms with van der Waals surface area (Å²) in [4.78, 5) is 25.7. The molecule has 1 unspecified atom stereocenters. The van der Waals surface area contributed by atoms with Crippen LogP contribution in [0.25, 0.3) is 11.0 Å². The number of morpholine rings is 1. The van der Waals surface area contributed by atoms with Crippen LogP contribution in [0.15, 0.2) is 33.5 Å². The Bertz CT molecular complexity index is 914. The highest BCUT2D eigenvalue weighted by molar-refractivity contribution is 5.81. The van der Waals surface area contributed by atoms with Crippen LogP contribution in [0.5, 0.6) is 5.75 Å². The van der Waals surface area contributed by atoms with E-state index in [2.05, 4.69) is 6.92 Å². The van der Waals surface area contributed by atoms with E-state index in [1.165, 1.54) is 0 Å². The Balaban J connectivity index is 1.64. The average Bonchev–Trinajstić information content (AvgIpc) is 2.65. The molecule has 2 aromatic rings. The van der Waals surface area contributed by atoms with Crippen LogP contribution in [0.3, 0.4) is 0 Å². The van der Waals surface area contributed by atoms with Crippen LogP contribution >= 0.6 is 0 Å². The SMILES string of the molecule is CCCc1cc(=O)oc2cc(OCC3CN(C(=O)OC(C)(C)C)CCO3)ccc12. The summed E-state index contributed by atoms with van der Waals surface area (Å²) < 4.78 is 22.3. The molecule has 0 N–H and O–H groups in total. The first-order valence-electron chi connectivity index (χ1n) is 10.0. The van der Waals surface area contributed by atoms with E-state index in [-0.39, 0.29) is 24.4 Å². The maximum Gasteiger partial charge on any atom is 0.410 e. The van der Waals surface area contributed by atoms with Crippen LogP contribution in [0, 0.1) is 0 Å². The monoisotopic (exact) mass is 403 g/mol. The van der Waals surface area contributed by atoms with Crippen molar-refractivity contribution >= 4 is 17.1 Å². The summed E-state index contributed by atoms with van der Waals surface area (Å²) in [6, 6.07) is 7.04. The van der Waals surface area contributed by atoms with Crippen molar-refractivity contribution in [3.63, 3.8) is 0 Å². The van der Waals surface area contributed by atoms with Gasteiger partial charge in [0, 0.05) is 24.1 Å². The van der Waals surface area contributed by atoms with Gasteiger partial charge in [-0.15, -0.1) is 0 Å². The number of rotatable bonds is 5. The summed E-state index contributed by atoms with van der Waals surface area (Å²) in [6.45, 7) is 9.21. The zero-order valence-electron chi connectivity index (χ0n) is 17.5. The van der Waals surface area contributed by atoms with E-state index in [0.29, 0.717) is 31.0 Å². The first-order valence-corrected chi connectivity index (χ1v) is 10.0. The maximum absolute atomic E-state index is 12.3. The van der Waals surface area contributed by atoms with Gasteiger partial charge >= 0.3 is 11.7 Å². The molecule has 1 aliphatic heterocycles. The molecule has 0 aliphatic carbocycles. The first-order chi connectivity index (χ1) is 13.7. The smallest absolute Gasteiger partial charge is 0.410 e. The second-order valence-corrected chi connectivity index (χ2v) is 8.23. The zero-order chi connectivity index (χ0) is 21.0. The Morgan fingerprint density at radius 2 is 2.07 bits per heavy atom. The molecule has 29 heavy (non-hydrogen) atoms. The number of aryl methyl sites for hydroxylation is 1. The third-order valence-electron chi connectivity index (χ3n) is 4.55. The molecular formula is C22H29NO6. The molecule has 3 rings (SSSR count). The molecule has 7 nitrogen and oxygen atoms in total. The third-order valence-corrected chi connectivity index (χ3v) is 4.55.